The zero-order valence-electron chi connectivity index (χ0n) is 21.5. The maximum absolute atomic E-state index is 15.1. The first kappa shape index (κ1) is 26.4. The Labute approximate surface area is 224 Å². The quantitative estimate of drug-likeness (QED) is 0.432. The lowest BCUT2D eigenvalue weighted by Crippen LogP contribution is -2.49. The largest absolute Gasteiger partial charge is 0.375 e. The summed E-state index contributed by atoms with van der Waals surface area (Å²) < 4.78 is 36.5. The number of ether oxygens (including phenoxy) is 1. The van der Waals surface area contributed by atoms with E-state index in [1.54, 1.807) is 9.47 Å². The molecule has 3 aromatic rings. The van der Waals surface area contributed by atoms with Crippen molar-refractivity contribution in [3.8, 4) is 11.1 Å². The van der Waals surface area contributed by atoms with Gasteiger partial charge in [0, 0.05) is 66.0 Å². The highest BCUT2D eigenvalue weighted by Gasteiger charge is 2.29. The fraction of sp³-hybridized carbons (Fsp3) is 0.393. The maximum atomic E-state index is 15.1. The number of carbonyl (C=O) groups excluding carboxylic acids is 1. The molecule has 1 amide bonds. The standard InChI is InChI=1S/C28H30F2N4O3S/c1-4-12-37-19-15-34-25-21(27(31-28(34)36)33-10-8-32(9-11-33)23(35)5-2)13-17(3)24(26(25)38-16-19)20-7-6-18(29)14-22(20)30/h5-7,13-14,19H,2,4,8-12,15-16H2,1,3H3. The van der Waals surface area contributed by atoms with Gasteiger partial charge in [-0.15, -0.1) is 11.8 Å². The van der Waals surface area contributed by atoms with Crippen molar-refractivity contribution in [2.45, 2.75) is 37.8 Å². The van der Waals surface area contributed by atoms with E-state index in [0.29, 0.717) is 62.0 Å². The minimum Gasteiger partial charge on any atom is -0.375 e. The molecule has 0 aliphatic carbocycles. The van der Waals surface area contributed by atoms with Crippen LogP contribution in [0.25, 0.3) is 22.0 Å². The first-order valence-electron chi connectivity index (χ1n) is 12.8. The first-order chi connectivity index (χ1) is 18.3. The van der Waals surface area contributed by atoms with Crippen LogP contribution in [0.3, 0.4) is 0 Å². The summed E-state index contributed by atoms with van der Waals surface area (Å²) in [4.78, 5) is 34.6. The number of rotatable bonds is 6. The Bertz CT molecular complexity index is 1470. The van der Waals surface area contributed by atoms with Gasteiger partial charge in [-0.25, -0.2) is 13.6 Å². The maximum Gasteiger partial charge on any atom is 0.350 e. The van der Waals surface area contributed by atoms with Crippen molar-refractivity contribution in [2.75, 3.05) is 43.4 Å². The molecule has 2 aliphatic heterocycles. The van der Waals surface area contributed by atoms with Gasteiger partial charge in [0.15, 0.2) is 0 Å². The molecule has 1 atom stereocenters. The highest BCUT2D eigenvalue weighted by atomic mass is 32.2. The van der Waals surface area contributed by atoms with Crippen LogP contribution in [0.2, 0.25) is 0 Å². The van der Waals surface area contributed by atoms with Gasteiger partial charge >= 0.3 is 5.69 Å². The Morgan fingerprint density at radius 1 is 1.24 bits per heavy atom. The van der Waals surface area contributed by atoms with Crippen LogP contribution in [0, 0.1) is 18.6 Å². The van der Waals surface area contributed by atoms with Crippen molar-refractivity contribution >= 4 is 34.4 Å². The third-order valence-corrected chi connectivity index (χ3v) is 8.24. The van der Waals surface area contributed by atoms with Crippen LogP contribution < -0.4 is 10.6 Å². The summed E-state index contributed by atoms with van der Waals surface area (Å²) in [6.07, 6.45) is 1.93. The van der Waals surface area contributed by atoms with Crippen LogP contribution in [0.4, 0.5) is 14.6 Å². The molecule has 38 heavy (non-hydrogen) atoms. The molecule has 7 nitrogen and oxygen atoms in total. The van der Waals surface area contributed by atoms with E-state index in [2.05, 4.69) is 11.6 Å². The summed E-state index contributed by atoms with van der Waals surface area (Å²) in [6.45, 7) is 10.4. The van der Waals surface area contributed by atoms with E-state index >= 15 is 4.39 Å². The zero-order chi connectivity index (χ0) is 27.0. The highest BCUT2D eigenvalue weighted by Crippen LogP contribution is 2.44. The molecular formula is C28H30F2N4O3S. The summed E-state index contributed by atoms with van der Waals surface area (Å²) in [5.41, 5.74) is 2.01. The van der Waals surface area contributed by atoms with Crippen molar-refractivity contribution in [2.24, 2.45) is 0 Å². The second-order valence-electron chi connectivity index (χ2n) is 9.57. The third-order valence-electron chi connectivity index (χ3n) is 7.02. The minimum absolute atomic E-state index is 0.123. The van der Waals surface area contributed by atoms with Crippen molar-refractivity contribution in [1.82, 2.24) is 14.5 Å². The predicted molar refractivity (Wildman–Crippen MR) is 146 cm³/mol. The lowest BCUT2D eigenvalue weighted by molar-refractivity contribution is -0.126. The van der Waals surface area contributed by atoms with Gasteiger partial charge in [0.25, 0.3) is 0 Å². The third kappa shape index (κ3) is 4.82. The number of hydrogen-bond donors (Lipinski definition) is 0. The Morgan fingerprint density at radius 2 is 2.00 bits per heavy atom. The number of aryl methyl sites for hydroxylation is 1. The van der Waals surface area contributed by atoms with E-state index in [1.165, 1.54) is 30.0 Å². The number of thioether (sulfide) groups is 1. The van der Waals surface area contributed by atoms with Crippen LogP contribution >= 0.6 is 11.8 Å². The summed E-state index contributed by atoms with van der Waals surface area (Å²) in [5.74, 6) is -0.293. The van der Waals surface area contributed by atoms with Crippen molar-refractivity contribution in [1.29, 1.82) is 0 Å². The summed E-state index contributed by atoms with van der Waals surface area (Å²) in [6, 6.07) is 5.52. The summed E-state index contributed by atoms with van der Waals surface area (Å²) in [7, 11) is 0. The molecule has 0 N–H and O–H groups in total. The van der Waals surface area contributed by atoms with E-state index in [4.69, 9.17) is 4.74 Å². The molecule has 3 heterocycles. The predicted octanol–water partition coefficient (Wildman–Crippen LogP) is 4.39. The Hall–Kier alpha value is -3.24. The minimum atomic E-state index is -0.654. The number of anilines is 1. The molecule has 0 radical (unpaired) electrons. The molecule has 0 bridgehead atoms. The zero-order valence-corrected chi connectivity index (χ0v) is 22.3. The monoisotopic (exact) mass is 540 g/mol. The second-order valence-corrected chi connectivity index (χ2v) is 10.6. The average Bonchev–Trinajstić information content (AvgIpc) is 3.10. The summed E-state index contributed by atoms with van der Waals surface area (Å²) in [5, 5.41) is 0.788. The van der Waals surface area contributed by atoms with Crippen LogP contribution in [-0.2, 0) is 16.1 Å². The van der Waals surface area contributed by atoms with Gasteiger partial charge in [-0.05, 0) is 43.2 Å². The van der Waals surface area contributed by atoms with Gasteiger partial charge in [0.05, 0.1) is 18.2 Å². The number of benzene rings is 2. The van der Waals surface area contributed by atoms with E-state index in [-0.39, 0.29) is 17.6 Å². The van der Waals surface area contributed by atoms with Gasteiger partial charge in [-0.1, -0.05) is 13.5 Å². The Balaban J connectivity index is 1.69. The molecule has 0 spiro atoms. The molecule has 1 aromatic heterocycles. The van der Waals surface area contributed by atoms with E-state index in [9.17, 15) is 14.0 Å². The molecule has 2 aromatic carbocycles. The van der Waals surface area contributed by atoms with Crippen molar-refractivity contribution in [3.05, 3.63) is 64.6 Å². The van der Waals surface area contributed by atoms with E-state index in [0.717, 1.165) is 28.3 Å². The molecule has 2 aliphatic rings. The summed E-state index contributed by atoms with van der Waals surface area (Å²) >= 11 is 1.53. The Morgan fingerprint density at radius 3 is 2.68 bits per heavy atom. The fourth-order valence-corrected chi connectivity index (χ4v) is 6.51. The number of nitrogens with zero attached hydrogens (tertiary/aromatic N) is 4. The highest BCUT2D eigenvalue weighted by molar-refractivity contribution is 7.99. The lowest BCUT2D eigenvalue weighted by atomic mass is 9.97. The molecule has 0 saturated carbocycles. The molecule has 1 saturated heterocycles. The van der Waals surface area contributed by atoms with Crippen LogP contribution in [-0.4, -0.2) is 65.0 Å². The van der Waals surface area contributed by atoms with Gasteiger partial charge in [0.1, 0.15) is 17.5 Å². The molecule has 10 heteroatoms. The number of hydrogen-bond acceptors (Lipinski definition) is 6. The topological polar surface area (TPSA) is 67.7 Å². The van der Waals surface area contributed by atoms with Crippen LogP contribution in [0.15, 0.2) is 46.6 Å². The smallest absolute Gasteiger partial charge is 0.350 e. The number of carbonyl (C=O) groups is 1. The molecule has 5 rings (SSSR count). The number of aromatic nitrogens is 2. The normalized spacial score (nSPS) is 17.5. The van der Waals surface area contributed by atoms with E-state index in [1.807, 2.05) is 24.8 Å². The fourth-order valence-electron chi connectivity index (χ4n) is 5.19. The van der Waals surface area contributed by atoms with Crippen LogP contribution in [0.5, 0.6) is 0 Å². The second kappa shape index (κ2) is 10.9. The van der Waals surface area contributed by atoms with Crippen LogP contribution in [0.1, 0.15) is 18.9 Å². The molecule has 1 fully saturated rings. The SMILES string of the molecule is C=CC(=O)N1CCN(c2nc(=O)n3c4c(c(-c5ccc(F)cc5F)c(C)cc24)SCC(OCCC)C3)CC1. The van der Waals surface area contributed by atoms with Gasteiger partial charge in [-0.3, -0.25) is 9.36 Å². The molecule has 1 unspecified atom stereocenters. The van der Waals surface area contributed by atoms with Gasteiger partial charge < -0.3 is 14.5 Å². The average molecular weight is 541 g/mol. The van der Waals surface area contributed by atoms with E-state index < -0.39 is 17.3 Å². The number of amides is 1. The molecule has 200 valence electrons. The van der Waals surface area contributed by atoms with Crippen molar-refractivity contribution in [3.63, 3.8) is 0 Å². The first-order valence-corrected chi connectivity index (χ1v) is 13.7. The van der Waals surface area contributed by atoms with Crippen molar-refractivity contribution < 1.29 is 18.3 Å². The van der Waals surface area contributed by atoms with Gasteiger partial charge in [0.2, 0.25) is 5.91 Å². The lowest BCUT2D eigenvalue weighted by Gasteiger charge is -2.35. The number of piperazine rings is 1. The van der Waals surface area contributed by atoms with Gasteiger partial charge in [-0.2, -0.15) is 4.98 Å². The number of halogens is 2. The molecular weight excluding hydrogens is 510 g/mol. The Kier molecular flexibility index (Phi) is 7.54.